The van der Waals surface area contributed by atoms with E-state index < -0.39 is 0 Å². The average Bonchev–Trinajstić information content (AvgIpc) is 3.51. The lowest BCUT2D eigenvalue weighted by Gasteiger charge is -2.18. The van der Waals surface area contributed by atoms with Gasteiger partial charge in [-0.25, -0.2) is 4.98 Å². The number of hydrogen-bond donors (Lipinski definition) is 0. The zero-order valence-electron chi connectivity index (χ0n) is 26.4. The number of allylic oxidation sites excluding steroid dienone is 1. The first kappa shape index (κ1) is 27.9. The van der Waals surface area contributed by atoms with Crippen LogP contribution in [0.2, 0.25) is 0 Å². The van der Waals surface area contributed by atoms with E-state index >= 15 is 0 Å². The average molecular weight is 615 g/mol. The lowest BCUT2D eigenvalue weighted by atomic mass is 9.86. The van der Waals surface area contributed by atoms with E-state index in [1.165, 1.54) is 16.3 Å². The van der Waals surface area contributed by atoms with Gasteiger partial charge in [-0.15, -0.1) is 0 Å². The number of pyridine rings is 2. The molecular weight excluding hydrogens is 585 g/mol. The number of nitrogens with zero attached hydrogens (tertiary/aromatic N) is 2. The quantitative estimate of drug-likeness (QED) is 0.143. The Kier molecular flexibility index (Phi) is 6.51. The van der Waals surface area contributed by atoms with Crippen molar-refractivity contribution in [1.29, 1.82) is 0 Å². The largest absolute Gasteiger partial charge is 0.455 e. The van der Waals surface area contributed by atoms with E-state index in [2.05, 4.69) is 128 Å². The van der Waals surface area contributed by atoms with Gasteiger partial charge < -0.3 is 4.42 Å². The zero-order valence-corrected chi connectivity index (χ0v) is 26.4. The van der Waals surface area contributed by atoms with Crippen molar-refractivity contribution < 1.29 is 4.42 Å². The van der Waals surface area contributed by atoms with Gasteiger partial charge in [-0.3, -0.25) is 4.98 Å². The molecular formula is C45H30N2O. The Balaban J connectivity index is 1.30. The van der Waals surface area contributed by atoms with E-state index in [4.69, 9.17) is 14.4 Å². The molecule has 3 nitrogen and oxygen atoms in total. The summed E-state index contributed by atoms with van der Waals surface area (Å²) in [5.74, 6) is 0.824. The van der Waals surface area contributed by atoms with Gasteiger partial charge in [-0.1, -0.05) is 128 Å². The summed E-state index contributed by atoms with van der Waals surface area (Å²) in [6, 6.07) is 45.2. The Labute approximate surface area is 278 Å². The van der Waals surface area contributed by atoms with Crippen molar-refractivity contribution in [2.45, 2.75) is 6.92 Å². The van der Waals surface area contributed by atoms with Crippen LogP contribution in [0.25, 0.3) is 100.0 Å². The van der Waals surface area contributed by atoms with Crippen molar-refractivity contribution in [2.75, 3.05) is 0 Å². The van der Waals surface area contributed by atoms with Crippen molar-refractivity contribution in [3.8, 4) is 33.5 Å². The molecule has 0 fully saturated rings. The van der Waals surface area contributed by atoms with Crippen LogP contribution in [0, 0.1) is 0 Å². The smallest absolute Gasteiger partial charge is 0.143 e. The second-order valence-electron chi connectivity index (χ2n) is 12.1. The molecule has 0 spiro atoms. The highest BCUT2D eigenvalue weighted by atomic mass is 16.3. The molecule has 48 heavy (non-hydrogen) atoms. The van der Waals surface area contributed by atoms with Gasteiger partial charge in [0.15, 0.2) is 0 Å². The molecule has 0 saturated carbocycles. The van der Waals surface area contributed by atoms with E-state index in [0.29, 0.717) is 0 Å². The molecule has 0 amide bonds. The maximum atomic E-state index is 6.45. The number of para-hydroxylation sites is 1. The van der Waals surface area contributed by atoms with Gasteiger partial charge in [0, 0.05) is 39.0 Å². The molecule has 0 aliphatic rings. The molecule has 0 bridgehead atoms. The van der Waals surface area contributed by atoms with Crippen molar-refractivity contribution in [2.24, 2.45) is 0 Å². The fraction of sp³-hybridized carbons (Fsp3) is 0.0222. The minimum Gasteiger partial charge on any atom is -0.455 e. The van der Waals surface area contributed by atoms with Crippen LogP contribution in [0.3, 0.4) is 0 Å². The lowest BCUT2D eigenvalue weighted by Crippen LogP contribution is -1.94. The molecule has 0 saturated heterocycles. The minimum atomic E-state index is 0.824. The van der Waals surface area contributed by atoms with Crippen LogP contribution in [0.15, 0.2) is 151 Å². The molecule has 3 aromatic heterocycles. The second-order valence-corrected chi connectivity index (χ2v) is 12.1. The Bertz CT molecular complexity index is 2710. The van der Waals surface area contributed by atoms with Crippen LogP contribution in [-0.4, -0.2) is 9.97 Å². The maximum absolute atomic E-state index is 6.45. The third-order valence-corrected chi connectivity index (χ3v) is 9.39. The van der Waals surface area contributed by atoms with Crippen molar-refractivity contribution in [3.05, 3.63) is 158 Å². The number of furan rings is 1. The first-order valence-corrected chi connectivity index (χ1v) is 16.2. The standard InChI is InChI=1S/C45H30N2O/c1-3-12-40-32(4-2)38-21-10-20-33(45(38)48-40)30-13-9-14-31(27-30)41-34-16-5-7-18-36(34)42(37-19-8-6-17-35(37)41)39-25-24-29-23-22-28-15-11-26-46-43(28)44(29)47-39/h3-27H,2H2,1H3/b12-3-. The summed E-state index contributed by atoms with van der Waals surface area (Å²) >= 11 is 0. The summed E-state index contributed by atoms with van der Waals surface area (Å²) in [6.45, 7) is 6.07. The first-order chi connectivity index (χ1) is 23.7. The van der Waals surface area contributed by atoms with E-state index in [0.717, 1.165) is 82.8 Å². The minimum absolute atomic E-state index is 0.824. The summed E-state index contributed by atoms with van der Waals surface area (Å²) in [7, 11) is 0. The molecule has 6 aromatic carbocycles. The molecule has 9 rings (SSSR count). The van der Waals surface area contributed by atoms with Crippen molar-refractivity contribution in [1.82, 2.24) is 9.97 Å². The van der Waals surface area contributed by atoms with Crippen LogP contribution in [0.1, 0.15) is 18.2 Å². The SMILES string of the molecule is C=Cc1c(/C=C\C)oc2c(-c3cccc(-c4c5ccccc5c(-c5ccc6ccc7cccnc7c6n5)c5ccccc45)c3)cccc12. The molecule has 0 aliphatic carbocycles. The van der Waals surface area contributed by atoms with Crippen LogP contribution in [-0.2, 0) is 0 Å². The Morgan fingerprint density at radius 2 is 1.25 bits per heavy atom. The van der Waals surface area contributed by atoms with E-state index in [1.54, 1.807) is 0 Å². The topological polar surface area (TPSA) is 38.9 Å². The van der Waals surface area contributed by atoms with Gasteiger partial charge in [0.1, 0.15) is 11.3 Å². The predicted octanol–water partition coefficient (Wildman–Crippen LogP) is 12.5. The number of rotatable bonds is 5. The summed E-state index contributed by atoms with van der Waals surface area (Å²) < 4.78 is 6.45. The molecule has 0 N–H and O–H groups in total. The van der Waals surface area contributed by atoms with Gasteiger partial charge in [-0.2, -0.15) is 0 Å². The lowest BCUT2D eigenvalue weighted by molar-refractivity contribution is 0.604. The van der Waals surface area contributed by atoms with Crippen LogP contribution < -0.4 is 0 Å². The van der Waals surface area contributed by atoms with Crippen LogP contribution in [0.4, 0.5) is 0 Å². The fourth-order valence-corrected chi connectivity index (χ4v) is 7.29. The number of benzene rings is 6. The molecule has 0 atom stereocenters. The summed E-state index contributed by atoms with van der Waals surface area (Å²) in [5, 5.41) is 7.92. The Morgan fingerprint density at radius 3 is 1.98 bits per heavy atom. The number of fused-ring (bicyclic) bond motifs is 6. The fourth-order valence-electron chi connectivity index (χ4n) is 7.29. The molecule has 3 heterocycles. The summed E-state index contributed by atoms with van der Waals surface area (Å²) in [5.41, 5.74) is 10.3. The Morgan fingerprint density at radius 1 is 0.604 bits per heavy atom. The van der Waals surface area contributed by atoms with Crippen molar-refractivity contribution >= 4 is 66.5 Å². The number of hydrogen-bond acceptors (Lipinski definition) is 3. The molecule has 0 unspecified atom stereocenters. The van der Waals surface area contributed by atoms with E-state index in [1.807, 2.05) is 37.4 Å². The van der Waals surface area contributed by atoms with Crippen LogP contribution >= 0.6 is 0 Å². The maximum Gasteiger partial charge on any atom is 0.143 e. The van der Waals surface area contributed by atoms with Gasteiger partial charge in [-0.05, 0) is 69.4 Å². The molecule has 9 aromatic rings. The molecule has 226 valence electrons. The van der Waals surface area contributed by atoms with Gasteiger partial charge >= 0.3 is 0 Å². The zero-order chi connectivity index (χ0) is 32.2. The summed E-state index contributed by atoms with van der Waals surface area (Å²) in [6.07, 6.45) is 7.72. The van der Waals surface area contributed by atoms with E-state index in [9.17, 15) is 0 Å². The van der Waals surface area contributed by atoms with Gasteiger partial charge in [0.05, 0.1) is 16.7 Å². The highest BCUT2D eigenvalue weighted by molar-refractivity contribution is 6.21. The second kappa shape index (κ2) is 11.2. The third kappa shape index (κ3) is 4.29. The molecule has 3 heteroatoms. The third-order valence-electron chi connectivity index (χ3n) is 9.39. The highest BCUT2D eigenvalue weighted by Crippen LogP contribution is 2.45. The van der Waals surface area contributed by atoms with E-state index in [-0.39, 0.29) is 0 Å². The van der Waals surface area contributed by atoms with Crippen molar-refractivity contribution in [3.63, 3.8) is 0 Å². The molecule has 0 radical (unpaired) electrons. The predicted molar refractivity (Wildman–Crippen MR) is 203 cm³/mol. The molecule has 0 aliphatic heterocycles. The monoisotopic (exact) mass is 614 g/mol. The first-order valence-electron chi connectivity index (χ1n) is 16.2. The highest BCUT2D eigenvalue weighted by Gasteiger charge is 2.19. The van der Waals surface area contributed by atoms with Crippen LogP contribution in [0.5, 0.6) is 0 Å². The summed E-state index contributed by atoms with van der Waals surface area (Å²) in [4.78, 5) is 10.0. The number of aromatic nitrogens is 2. The normalized spacial score (nSPS) is 11.9. The Hall–Kier alpha value is -6.32. The van der Waals surface area contributed by atoms with Gasteiger partial charge in [0.2, 0.25) is 0 Å². The van der Waals surface area contributed by atoms with Gasteiger partial charge in [0.25, 0.3) is 0 Å².